The molecule has 0 saturated heterocycles. The highest BCUT2D eigenvalue weighted by atomic mass is 35.5. The molecule has 26 heavy (non-hydrogen) atoms. The molecule has 0 aliphatic carbocycles. The first-order chi connectivity index (χ1) is 12.7. The Morgan fingerprint density at radius 2 is 1.77 bits per heavy atom. The maximum atomic E-state index is 6.30. The monoisotopic (exact) mass is 380 g/mol. The Kier molecular flexibility index (Phi) is 3.41. The SMILES string of the molecule is Clc1cccc(-n2ncc3c2ncn2c(-c4ccccc4Cl)nnc32)c1. The molecule has 6 nitrogen and oxygen atoms in total. The molecule has 0 atom stereocenters. The molecule has 3 aromatic heterocycles. The minimum absolute atomic E-state index is 0.608. The number of hydrogen-bond donors (Lipinski definition) is 0. The summed E-state index contributed by atoms with van der Waals surface area (Å²) < 4.78 is 3.54. The first-order valence-electron chi connectivity index (χ1n) is 7.81. The van der Waals surface area contributed by atoms with Gasteiger partial charge in [-0.1, -0.05) is 41.4 Å². The first-order valence-corrected chi connectivity index (χ1v) is 8.56. The summed E-state index contributed by atoms with van der Waals surface area (Å²) in [5, 5.41) is 15.1. The summed E-state index contributed by atoms with van der Waals surface area (Å²) in [6, 6.07) is 14.9. The van der Waals surface area contributed by atoms with Crippen LogP contribution in [0.2, 0.25) is 10.0 Å². The summed E-state index contributed by atoms with van der Waals surface area (Å²) in [6.45, 7) is 0. The maximum Gasteiger partial charge on any atom is 0.175 e. The van der Waals surface area contributed by atoms with Crippen LogP contribution in [0.1, 0.15) is 0 Å². The molecule has 0 aliphatic rings. The van der Waals surface area contributed by atoms with Gasteiger partial charge in [-0.2, -0.15) is 5.10 Å². The van der Waals surface area contributed by atoms with E-state index in [9.17, 15) is 0 Å². The molecule has 5 aromatic rings. The highest BCUT2D eigenvalue weighted by Gasteiger charge is 2.16. The summed E-state index contributed by atoms with van der Waals surface area (Å²) >= 11 is 12.4. The molecule has 126 valence electrons. The Morgan fingerprint density at radius 3 is 2.62 bits per heavy atom. The smallest absolute Gasteiger partial charge is 0.175 e. The molecule has 0 radical (unpaired) electrons. The van der Waals surface area contributed by atoms with Crippen molar-refractivity contribution in [2.45, 2.75) is 0 Å². The highest BCUT2D eigenvalue weighted by Crippen LogP contribution is 2.28. The van der Waals surface area contributed by atoms with E-state index in [4.69, 9.17) is 23.2 Å². The molecule has 2 aromatic carbocycles. The third-order valence-electron chi connectivity index (χ3n) is 4.14. The zero-order valence-corrected chi connectivity index (χ0v) is 14.7. The van der Waals surface area contributed by atoms with E-state index in [0.29, 0.717) is 27.2 Å². The average Bonchev–Trinajstić information content (AvgIpc) is 3.26. The van der Waals surface area contributed by atoms with Gasteiger partial charge in [-0.3, -0.25) is 4.40 Å². The topological polar surface area (TPSA) is 60.9 Å². The van der Waals surface area contributed by atoms with Crippen LogP contribution in [-0.4, -0.2) is 29.4 Å². The number of nitrogens with zero attached hydrogens (tertiary/aromatic N) is 6. The van der Waals surface area contributed by atoms with Gasteiger partial charge in [0.15, 0.2) is 17.1 Å². The standard InChI is InChI=1S/C18H10Cl2N6/c19-11-4-3-5-12(8-11)26-16-14(9-22-26)18-24-23-17(25(18)10-21-16)13-6-1-2-7-15(13)20/h1-10H. The van der Waals surface area contributed by atoms with Gasteiger partial charge in [0.25, 0.3) is 0 Å². The Labute approximate surface area is 157 Å². The van der Waals surface area contributed by atoms with E-state index in [1.165, 1.54) is 0 Å². The summed E-state index contributed by atoms with van der Waals surface area (Å²) in [4.78, 5) is 4.56. The number of fused-ring (bicyclic) bond motifs is 3. The second-order valence-corrected chi connectivity index (χ2v) is 6.56. The van der Waals surface area contributed by atoms with E-state index < -0.39 is 0 Å². The molecule has 0 unspecified atom stereocenters. The van der Waals surface area contributed by atoms with Crippen molar-refractivity contribution in [2.75, 3.05) is 0 Å². The van der Waals surface area contributed by atoms with Crippen LogP contribution in [0, 0.1) is 0 Å². The number of aromatic nitrogens is 6. The van der Waals surface area contributed by atoms with Crippen molar-refractivity contribution in [1.29, 1.82) is 0 Å². The zero-order chi connectivity index (χ0) is 17.7. The summed E-state index contributed by atoms with van der Waals surface area (Å²) in [5.41, 5.74) is 2.97. The van der Waals surface area contributed by atoms with Gasteiger partial charge in [-0.15, -0.1) is 10.2 Å². The van der Waals surface area contributed by atoms with Crippen molar-refractivity contribution in [2.24, 2.45) is 0 Å². The van der Waals surface area contributed by atoms with Crippen LogP contribution in [0.4, 0.5) is 0 Å². The molecule has 8 heteroatoms. The minimum Gasteiger partial charge on any atom is -0.264 e. The van der Waals surface area contributed by atoms with Crippen LogP contribution in [0.15, 0.2) is 61.1 Å². The molecule has 0 fully saturated rings. The van der Waals surface area contributed by atoms with E-state index in [0.717, 1.165) is 16.6 Å². The minimum atomic E-state index is 0.608. The lowest BCUT2D eigenvalue weighted by Gasteiger charge is -2.04. The Morgan fingerprint density at radius 1 is 0.885 bits per heavy atom. The van der Waals surface area contributed by atoms with Crippen molar-refractivity contribution in [3.05, 3.63) is 71.1 Å². The van der Waals surface area contributed by atoms with E-state index in [1.54, 1.807) is 17.2 Å². The van der Waals surface area contributed by atoms with Crippen molar-refractivity contribution in [1.82, 2.24) is 29.4 Å². The predicted octanol–water partition coefficient (Wildman–Crippen LogP) is 4.44. The van der Waals surface area contributed by atoms with E-state index in [1.807, 2.05) is 52.9 Å². The average molecular weight is 381 g/mol. The fourth-order valence-corrected chi connectivity index (χ4v) is 3.35. The lowest BCUT2D eigenvalue weighted by Crippen LogP contribution is -1.99. The van der Waals surface area contributed by atoms with Crippen LogP contribution in [0.25, 0.3) is 33.8 Å². The van der Waals surface area contributed by atoms with Gasteiger partial charge >= 0.3 is 0 Å². The number of halogens is 2. The second kappa shape index (κ2) is 5.79. The normalized spacial score (nSPS) is 11.5. The van der Waals surface area contributed by atoms with Gasteiger partial charge < -0.3 is 0 Å². The van der Waals surface area contributed by atoms with Crippen LogP contribution in [0.3, 0.4) is 0 Å². The van der Waals surface area contributed by atoms with E-state index in [2.05, 4.69) is 20.3 Å². The van der Waals surface area contributed by atoms with Crippen LogP contribution in [0.5, 0.6) is 0 Å². The Hall–Kier alpha value is -2.96. The number of benzene rings is 2. The van der Waals surface area contributed by atoms with Gasteiger partial charge in [-0.05, 0) is 30.3 Å². The molecule has 5 rings (SSSR count). The Balaban J connectivity index is 1.75. The summed E-state index contributed by atoms with van der Waals surface area (Å²) in [5.74, 6) is 0.635. The summed E-state index contributed by atoms with van der Waals surface area (Å²) in [7, 11) is 0. The third kappa shape index (κ3) is 2.27. The van der Waals surface area contributed by atoms with Gasteiger partial charge in [0.05, 0.1) is 22.3 Å². The maximum absolute atomic E-state index is 6.30. The second-order valence-electron chi connectivity index (χ2n) is 5.72. The number of hydrogen-bond acceptors (Lipinski definition) is 4. The molecule has 0 aliphatic heterocycles. The molecule has 3 heterocycles. The molecule has 0 saturated carbocycles. The first kappa shape index (κ1) is 15.3. The molecule has 0 N–H and O–H groups in total. The zero-order valence-electron chi connectivity index (χ0n) is 13.2. The fourth-order valence-electron chi connectivity index (χ4n) is 2.94. The van der Waals surface area contributed by atoms with Gasteiger partial charge in [0.1, 0.15) is 6.33 Å². The fraction of sp³-hybridized carbons (Fsp3) is 0. The molecular weight excluding hydrogens is 371 g/mol. The van der Waals surface area contributed by atoms with E-state index in [-0.39, 0.29) is 0 Å². The van der Waals surface area contributed by atoms with Crippen molar-refractivity contribution in [3.8, 4) is 17.1 Å². The van der Waals surface area contributed by atoms with Crippen molar-refractivity contribution in [3.63, 3.8) is 0 Å². The third-order valence-corrected chi connectivity index (χ3v) is 4.71. The predicted molar refractivity (Wildman–Crippen MR) is 101 cm³/mol. The quantitative estimate of drug-likeness (QED) is 0.454. The Bertz CT molecular complexity index is 1270. The van der Waals surface area contributed by atoms with Crippen LogP contribution in [-0.2, 0) is 0 Å². The summed E-state index contributed by atoms with van der Waals surface area (Å²) in [6.07, 6.45) is 3.41. The van der Waals surface area contributed by atoms with Crippen LogP contribution < -0.4 is 0 Å². The van der Waals surface area contributed by atoms with Crippen molar-refractivity contribution < 1.29 is 0 Å². The van der Waals surface area contributed by atoms with E-state index >= 15 is 0 Å². The molecule has 0 spiro atoms. The van der Waals surface area contributed by atoms with Gasteiger partial charge in [-0.25, -0.2) is 9.67 Å². The number of rotatable bonds is 2. The van der Waals surface area contributed by atoms with Gasteiger partial charge in [0, 0.05) is 10.6 Å². The lowest BCUT2D eigenvalue weighted by molar-refractivity contribution is 0.893. The molecule has 0 amide bonds. The highest BCUT2D eigenvalue weighted by molar-refractivity contribution is 6.33. The molecular formula is C18H10Cl2N6. The molecule has 0 bridgehead atoms. The van der Waals surface area contributed by atoms with Crippen molar-refractivity contribution >= 4 is 39.9 Å². The lowest BCUT2D eigenvalue weighted by atomic mass is 10.2. The van der Waals surface area contributed by atoms with Gasteiger partial charge in [0.2, 0.25) is 0 Å². The largest absolute Gasteiger partial charge is 0.264 e. The van der Waals surface area contributed by atoms with Crippen LogP contribution >= 0.6 is 23.2 Å².